The second-order valence-corrected chi connectivity index (χ2v) is 30.0. The molecule has 324 valence electrons. The number of rotatable bonds is 23. The fourth-order valence-corrected chi connectivity index (χ4v) is 9.93. The predicted octanol–water partition coefficient (Wildman–Crippen LogP) is 13.2. The lowest BCUT2D eigenvalue weighted by molar-refractivity contribution is 0.135. The van der Waals surface area contributed by atoms with Crippen molar-refractivity contribution in [2.45, 2.75) is 169 Å². The molecule has 5 nitrogen and oxygen atoms in total. The summed E-state index contributed by atoms with van der Waals surface area (Å²) in [6.45, 7) is 29.8. The van der Waals surface area contributed by atoms with Gasteiger partial charge < -0.3 is 23.8 Å². The molecule has 3 aromatic carbocycles. The Morgan fingerprint density at radius 3 is 1.72 bits per heavy atom. The number of unbranched alkanes of at least 4 members (excludes halogenated alkanes) is 2. The summed E-state index contributed by atoms with van der Waals surface area (Å²) in [7, 11) is -3.89. The molecule has 0 bridgehead atoms. The first-order chi connectivity index (χ1) is 27.3. The molecule has 1 aliphatic rings. The molecule has 7 heteroatoms. The van der Waals surface area contributed by atoms with Crippen LogP contribution >= 0.6 is 0 Å². The van der Waals surface area contributed by atoms with Gasteiger partial charge in [-0.1, -0.05) is 111 Å². The van der Waals surface area contributed by atoms with E-state index in [0.717, 1.165) is 48.5 Å². The third-order valence-corrected chi connectivity index (χ3v) is 22.8. The van der Waals surface area contributed by atoms with Crippen molar-refractivity contribution in [3.63, 3.8) is 0 Å². The summed E-state index contributed by atoms with van der Waals surface area (Å²) in [6.07, 6.45) is 12.3. The summed E-state index contributed by atoms with van der Waals surface area (Å²) in [5.74, 6) is 1.93. The zero-order chi connectivity index (χ0) is 42.7. The number of aryl methyl sites for hydroxylation is 3. The highest BCUT2D eigenvalue weighted by Crippen LogP contribution is 2.40. The summed E-state index contributed by atoms with van der Waals surface area (Å²) in [6, 6.07) is 18.8. The van der Waals surface area contributed by atoms with Gasteiger partial charge in [0.2, 0.25) is 0 Å². The maximum atomic E-state index is 9.98. The van der Waals surface area contributed by atoms with Crippen molar-refractivity contribution in [3.05, 3.63) is 76.3 Å². The number of aliphatic hydroxyl groups is 2. The van der Waals surface area contributed by atoms with Crippen LogP contribution in [0.3, 0.4) is 0 Å². The Bertz CT molecular complexity index is 1670. The van der Waals surface area contributed by atoms with E-state index in [1.54, 1.807) is 5.56 Å². The fourth-order valence-electron chi connectivity index (χ4n) is 7.76. The molecule has 0 spiro atoms. The highest BCUT2D eigenvalue weighted by Gasteiger charge is 2.39. The van der Waals surface area contributed by atoms with Crippen LogP contribution in [0.4, 0.5) is 0 Å². The molecule has 0 saturated heterocycles. The summed E-state index contributed by atoms with van der Waals surface area (Å²) in [4.78, 5) is 0. The van der Waals surface area contributed by atoms with E-state index in [9.17, 15) is 10.2 Å². The van der Waals surface area contributed by atoms with Crippen LogP contribution in [0.15, 0.2) is 48.5 Å². The Hall–Kier alpha value is -2.27. The number of hydrogen-bond donors (Lipinski definition) is 2. The van der Waals surface area contributed by atoms with Crippen LogP contribution in [0.25, 0.3) is 22.3 Å². The van der Waals surface area contributed by atoms with E-state index >= 15 is 0 Å². The van der Waals surface area contributed by atoms with Gasteiger partial charge in [-0.05, 0) is 162 Å². The SMILES string of the molecule is CCCCCC1Cc2ccc(-c3ccc(-c4cc(CCCO)c(OCCC(CO[Si](C)(C)C(C)(C)C)CO[Si](C)(C)C(C)(C)C)c(CCCO)c4)c(CC)c3)cc2C1. The molecule has 0 heterocycles. The van der Waals surface area contributed by atoms with Crippen molar-refractivity contribution >= 4 is 16.6 Å². The molecule has 58 heavy (non-hydrogen) atoms. The topological polar surface area (TPSA) is 68.2 Å². The number of fused-ring (bicyclic) bond motifs is 1. The minimum Gasteiger partial charge on any atom is -0.493 e. The molecule has 2 N–H and O–H groups in total. The summed E-state index contributed by atoms with van der Waals surface area (Å²) in [5.41, 5.74) is 11.7. The lowest BCUT2D eigenvalue weighted by atomic mass is 9.89. The molecule has 4 rings (SSSR count). The van der Waals surface area contributed by atoms with Crippen molar-refractivity contribution in [2.24, 2.45) is 11.8 Å². The lowest BCUT2D eigenvalue weighted by Crippen LogP contribution is -2.44. The van der Waals surface area contributed by atoms with Crippen molar-refractivity contribution < 1.29 is 23.8 Å². The first-order valence-corrected chi connectivity index (χ1v) is 28.7. The Morgan fingerprint density at radius 1 is 0.655 bits per heavy atom. The summed E-state index contributed by atoms with van der Waals surface area (Å²) < 4.78 is 20.4. The highest BCUT2D eigenvalue weighted by molar-refractivity contribution is 6.74. The van der Waals surface area contributed by atoms with E-state index in [4.69, 9.17) is 13.6 Å². The number of aliphatic hydroxyl groups excluding tert-OH is 2. The van der Waals surface area contributed by atoms with Crippen LogP contribution in [0.1, 0.15) is 128 Å². The van der Waals surface area contributed by atoms with E-state index in [-0.39, 0.29) is 29.2 Å². The van der Waals surface area contributed by atoms with Crippen LogP contribution in [0, 0.1) is 11.8 Å². The van der Waals surface area contributed by atoms with Gasteiger partial charge in [0.05, 0.1) is 6.61 Å². The monoisotopic (exact) mass is 831 g/mol. The van der Waals surface area contributed by atoms with E-state index in [2.05, 4.69) is 130 Å². The second kappa shape index (κ2) is 21.5. The molecule has 3 aromatic rings. The van der Waals surface area contributed by atoms with E-state index in [0.29, 0.717) is 32.7 Å². The van der Waals surface area contributed by atoms with Crippen molar-refractivity contribution in [3.8, 4) is 28.0 Å². The predicted molar refractivity (Wildman–Crippen MR) is 252 cm³/mol. The first kappa shape index (κ1) is 48.4. The quantitative estimate of drug-likeness (QED) is 0.0736. The molecule has 0 radical (unpaired) electrons. The van der Waals surface area contributed by atoms with Crippen molar-refractivity contribution in [1.82, 2.24) is 0 Å². The number of benzene rings is 3. The van der Waals surface area contributed by atoms with Crippen LogP contribution in [0.5, 0.6) is 5.75 Å². The van der Waals surface area contributed by atoms with Crippen LogP contribution in [-0.4, -0.2) is 59.9 Å². The van der Waals surface area contributed by atoms with Gasteiger partial charge in [-0.15, -0.1) is 0 Å². The fraction of sp³-hybridized carbons (Fsp3) is 0.647. The summed E-state index contributed by atoms with van der Waals surface area (Å²) >= 11 is 0. The first-order valence-electron chi connectivity index (χ1n) is 22.9. The second-order valence-electron chi connectivity index (χ2n) is 20.4. The van der Waals surface area contributed by atoms with Crippen molar-refractivity contribution in [1.29, 1.82) is 0 Å². The average molecular weight is 831 g/mol. The average Bonchev–Trinajstić information content (AvgIpc) is 3.58. The van der Waals surface area contributed by atoms with E-state index < -0.39 is 16.6 Å². The number of hydrogen-bond acceptors (Lipinski definition) is 5. The maximum absolute atomic E-state index is 9.98. The van der Waals surface area contributed by atoms with E-state index in [1.807, 2.05) is 0 Å². The Balaban J connectivity index is 1.61. The minimum atomic E-state index is -1.94. The smallest absolute Gasteiger partial charge is 0.191 e. The van der Waals surface area contributed by atoms with Gasteiger partial charge in [0.25, 0.3) is 0 Å². The Kier molecular flexibility index (Phi) is 17.9. The molecular formula is C51H82O5Si2. The molecular weight excluding hydrogens is 749 g/mol. The van der Waals surface area contributed by atoms with Gasteiger partial charge in [0.15, 0.2) is 16.6 Å². The van der Waals surface area contributed by atoms with Gasteiger partial charge in [0, 0.05) is 32.3 Å². The van der Waals surface area contributed by atoms with Crippen LogP contribution in [-0.2, 0) is 41.0 Å². The Morgan fingerprint density at radius 2 is 1.19 bits per heavy atom. The minimum absolute atomic E-state index is 0.127. The van der Waals surface area contributed by atoms with Gasteiger partial charge in [-0.2, -0.15) is 0 Å². The molecule has 1 aliphatic carbocycles. The van der Waals surface area contributed by atoms with Gasteiger partial charge in [-0.3, -0.25) is 0 Å². The standard InChI is InChI=1S/C51H82O5Si2/c1-13-15-16-19-38-30-41-22-23-42(33-46(41)31-38)43-24-25-48(40(14-2)32-43)47-34-44(20-17-27-52)49(45(35-47)21-18-28-53)54-29-26-39(36-55-57(9,10)50(3,4)5)37-56-58(11,12)51(6,7)8/h22-25,32-35,38-39,52-53H,13-21,26-31,36-37H2,1-12H3. The van der Waals surface area contributed by atoms with E-state index in [1.165, 1.54) is 71.9 Å². The summed E-state index contributed by atoms with van der Waals surface area (Å²) in [5, 5.41) is 20.2. The molecule has 0 saturated carbocycles. The normalized spacial score (nSPS) is 15.1. The third kappa shape index (κ3) is 13.1. The zero-order valence-corrected chi connectivity index (χ0v) is 40.9. The largest absolute Gasteiger partial charge is 0.493 e. The lowest BCUT2D eigenvalue weighted by Gasteiger charge is -2.39. The molecule has 0 amide bonds. The number of ether oxygens (including phenoxy) is 1. The molecule has 0 aromatic heterocycles. The van der Waals surface area contributed by atoms with Crippen LogP contribution < -0.4 is 4.74 Å². The molecule has 0 aliphatic heterocycles. The Labute approximate surface area is 357 Å². The molecule has 1 atom stereocenters. The van der Waals surface area contributed by atoms with Gasteiger partial charge >= 0.3 is 0 Å². The van der Waals surface area contributed by atoms with Crippen molar-refractivity contribution in [2.75, 3.05) is 33.0 Å². The zero-order valence-electron chi connectivity index (χ0n) is 38.9. The molecule has 0 fully saturated rings. The maximum Gasteiger partial charge on any atom is 0.191 e. The third-order valence-electron chi connectivity index (χ3n) is 13.8. The van der Waals surface area contributed by atoms with Gasteiger partial charge in [0.1, 0.15) is 5.75 Å². The van der Waals surface area contributed by atoms with Gasteiger partial charge in [-0.25, -0.2) is 0 Å². The van der Waals surface area contributed by atoms with Crippen LogP contribution in [0.2, 0.25) is 36.3 Å². The highest BCUT2D eigenvalue weighted by atomic mass is 28.4. The molecule has 1 unspecified atom stereocenters.